The summed E-state index contributed by atoms with van der Waals surface area (Å²) >= 11 is 0. The van der Waals surface area contributed by atoms with Crippen molar-refractivity contribution in [2.75, 3.05) is 32.7 Å². The number of aryl methyl sites for hydroxylation is 1. The van der Waals surface area contributed by atoms with Crippen molar-refractivity contribution < 1.29 is 18.8 Å². The number of anilines is 6. The van der Waals surface area contributed by atoms with E-state index in [0.29, 0.717) is 63.0 Å². The first-order valence-electron chi connectivity index (χ1n) is 14.9. The van der Waals surface area contributed by atoms with Crippen molar-refractivity contribution in [3.63, 3.8) is 0 Å². The number of carbonyl (C=O) groups excluding carboxylic acids is 3. The minimum Gasteiger partial charge on any atom is -0.340 e. The van der Waals surface area contributed by atoms with Crippen LogP contribution in [0.15, 0.2) is 84.2 Å². The van der Waals surface area contributed by atoms with Gasteiger partial charge in [0, 0.05) is 53.7 Å². The van der Waals surface area contributed by atoms with Gasteiger partial charge in [0.25, 0.3) is 5.91 Å². The summed E-state index contributed by atoms with van der Waals surface area (Å²) in [5.41, 5.74) is 4.78. The van der Waals surface area contributed by atoms with Crippen LogP contribution in [0.1, 0.15) is 35.3 Å². The maximum Gasteiger partial charge on any atom is 0.331 e. The number of halogens is 1. The first kappa shape index (κ1) is 30.9. The Kier molecular flexibility index (Phi) is 8.60. The Balaban J connectivity index is 1.19. The predicted molar refractivity (Wildman–Crippen MR) is 182 cm³/mol. The van der Waals surface area contributed by atoms with Crippen LogP contribution in [0.25, 0.3) is 11.0 Å². The van der Waals surface area contributed by atoms with Crippen molar-refractivity contribution in [1.29, 1.82) is 0 Å². The van der Waals surface area contributed by atoms with Gasteiger partial charge in [-0.15, -0.1) is 0 Å². The summed E-state index contributed by atoms with van der Waals surface area (Å²) in [6.07, 6.45) is 4.65. The average Bonchev–Trinajstić information content (AvgIpc) is 3.69. The molecule has 1 aliphatic rings. The van der Waals surface area contributed by atoms with Crippen molar-refractivity contribution in [1.82, 2.24) is 14.5 Å². The van der Waals surface area contributed by atoms with Gasteiger partial charge in [-0.2, -0.15) is 0 Å². The molecule has 0 aliphatic carbocycles. The second-order valence-corrected chi connectivity index (χ2v) is 11.2. The summed E-state index contributed by atoms with van der Waals surface area (Å²) in [4.78, 5) is 53.1. The fourth-order valence-corrected chi connectivity index (χ4v) is 5.24. The molecule has 0 fully saturated rings. The van der Waals surface area contributed by atoms with Crippen molar-refractivity contribution in [3.8, 4) is 0 Å². The monoisotopic (exact) mass is 633 g/mol. The van der Waals surface area contributed by atoms with Gasteiger partial charge in [0.1, 0.15) is 18.8 Å². The minimum absolute atomic E-state index is 0.109. The summed E-state index contributed by atoms with van der Waals surface area (Å²) in [5, 5.41) is 12.3. The Bertz CT molecular complexity index is 2040. The standard InChI is InChI=1S/C34H32FN9O3/c1-20-7-8-27(41-33(46)24-11-23(16-35)12-28(13-24)43-17-21(2)38-19-43)15-30(20)42-34(47)44-10-9-29-31(36-18-37-32(29)44)40-26-6-4-5-25(14-26)39-22(3)45/h4-15,18-19,21H,16-17H2,1-3H3,(H,39,45)(H,41,46)(H,42,47)(H,36,37,40). The molecule has 0 saturated heterocycles. The highest BCUT2D eigenvalue weighted by molar-refractivity contribution is 6.06. The van der Waals surface area contributed by atoms with Crippen molar-refractivity contribution >= 4 is 69.5 Å². The third-order valence-corrected chi connectivity index (χ3v) is 7.53. The van der Waals surface area contributed by atoms with E-state index in [-0.39, 0.29) is 11.9 Å². The predicted octanol–water partition coefficient (Wildman–Crippen LogP) is 6.48. The molecule has 12 nitrogen and oxygen atoms in total. The summed E-state index contributed by atoms with van der Waals surface area (Å²) in [5.74, 6) is -0.116. The number of benzene rings is 3. The third-order valence-electron chi connectivity index (χ3n) is 7.53. The molecule has 5 aromatic rings. The highest BCUT2D eigenvalue weighted by Gasteiger charge is 2.19. The first-order valence-corrected chi connectivity index (χ1v) is 14.9. The van der Waals surface area contributed by atoms with Crippen LogP contribution >= 0.6 is 0 Å². The summed E-state index contributed by atoms with van der Waals surface area (Å²) in [6.45, 7) is 5.19. The van der Waals surface area contributed by atoms with Crippen LogP contribution in [0.4, 0.5) is 43.4 Å². The highest BCUT2D eigenvalue weighted by Crippen LogP contribution is 2.28. The molecule has 1 atom stereocenters. The lowest BCUT2D eigenvalue weighted by Gasteiger charge is -2.17. The Morgan fingerprint density at radius 3 is 2.51 bits per heavy atom. The van der Waals surface area contributed by atoms with Crippen molar-refractivity contribution in [3.05, 3.63) is 95.9 Å². The number of fused-ring (bicyclic) bond motifs is 1. The Morgan fingerprint density at radius 2 is 1.74 bits per heavy atom. The fraction of sp³-hybridized carbons (Fsp3) is 0.176. The van der Waals surface area contributed by atoms with Crippen LogP contribution in [-0.4, -0.2) is 51.3 Å². The SMILES string of the molecule is CC(=O)Nc1cccc(Nc2ncnc3c2ccn3C(=O)Nc2cc(NC(=O)c3cc(CF)cc(N4C=NC(C)C4)c3)ccc2C)c1. The number of amides is 3. The third kappa shape index (κ3) is 6.93. The summed E-state index contributed by atoms with van der Waals surface area (Å²) < 4.78 is 15.1. The minimum atomic E-state index is -0.711. The van der Waals surface area contributed by atoms with Crippen LogP contribution in [0.5, 0.6) is 0 Å². The zero-order chi connectivity index (χ0) is 33.1. The van der Waals surface area contributed by atoms with Crippen molar-refractivity contribution in [2.24, 2.45) is 4.99 Å². The lowest BCUT2D eigenvalue weighted by Crippen LogP contribution is -2.22. The van der Waals surface area contributed by atoms with E-state index in [1.165, 1.54) is 23.9 Å². The Morgan fingerprint density at radius 1 is 0.936 bits per heavy atom. The molecule has 0 saturated carbocycles. The molecule has 13 heteroatoms. The number of nitrogens with zero attached hydrogens (tertiary/aromatic N) is 5. The van der Waals surface area contributed by atoms with Gasteiger partial charge >= 0.3 is 6.03 Å². The van der Waals surface area contributed by atoms with Crippen LogP contribution < -0.4 is 26.2 Å². The van der Waals surface area contributed by atoms with E-state index < -0.39 is 18.6 Å². The molecular weight excluding hydrogens is 601 g/mol. The molecule has 2 aromatic heterocycles. The maximum atomic E-state index is 13.7. The first-order chi connectivity index (χ1) is 22.7. The number of hydrogen-bond donors (Lipinski definition) is 4. The zero-order valence-electron chi connectivity index (χ0n) is 25.9. The molecule has 1 aliphatic heterocycles. The largest absolute Gasteiger partial charge is 0.340 e. The van der Waals surface area contributed by atoms with E-state index in [1.807, 2.05) is 24.8 Å². The number of alkyl halides is 1. The average molecular weight is 634 g/mol. The molecule has 3 heterocycles. The number of aromatic nitrogens is 3. The van der Waals surface area contributed by atoms with Gasteiger partial charge in [-0.3, -0.25) is 19.1 Å². The van der Waals surface area contributed by atoms with Gasteiger partial charge in [-0.1, -0.05) is 12.1 Å². The molecule has 3 aromatic carbocycles. The lowest BCUT2D eigenvalue weighted by molar-refractivity contribution is -0.114. The van der Waals surface area contributed by atoms with Gasteiger partial charge < -0.3 is 26.2 Å². The van der Waals surface area contributed by atoms with Gasteiger partial charge in [0.05, 0.1) is 17.8 Å². The second kappa shape index (κ2) is 13.1. The van der Waals surface area contributed by atoms with E-state index in [9.17, 15) is 18.8 Å². The quantitative estimate of drug-likeness (QED) is 0.153. The van der Waals surface area contributed by atoms with Gasteiger partial charge in [-0.05, 0) is 79.6 Å². The topological polar surface area (TPSA) is 146 Å². The van der Waals surface area contributed by atoms with E-state index in [4.69, 9.17) is 0 Å². The zero-order valence-corrected chi connectivity index (χ0v) is 25.9. The number of nitrogens with one attached hydrogen (secondary N) is 4. The summed E-state index contributed by atoms with van der Waals surface area (Å²) in [6, 6.07) is 18.7. The molecule has 47 heavy (non-hydrogen) atoms. The lowest BCUT2D eigenvalue weighted by atomic mass is 10.1. The molecule has 238 valence electrons. The smallest absolute Gasteiger partial charge is 0.331 e. The van der Waals surface area contributed by atoms with E-state index in [0.717, 1.165) is 5.56 Å². The van der Waals surface area contributed by atoms with Crippen LogP contribution in [0.2, 0.25) is 0 Å². The second-order valence-electron chi connectivity index (χ2n) is 11.2. The van der Waals surface area contributed by atoms with Gasteiger partial charge in [-0.25, -0.2) is 19.2 Å². The van der Waals surface area contributed by atoms with Crippen LogP contribution in [0, 0.1) is 6.92 Å². The number of carbonyl (C=O) groups is 3. The molecule has 6 rings (SSSR count). The van der Waals surface area contributed by atoms with Gasteiger partial charge in [0.2, 0.25) is 5.91 Å². The maximum absolute atomic E-state index is 13.7. The molecule has 4 N–H and O–H groups in total. The van der Waals surface area contributed by atoms with Crippen LogP contribution in [-0.2, 0) is 11.5 Å². The Labute approximate surface area is 269 Å². The fourth-order valence-electron chi connectivity index (χ4n) is 5.24. The van der Waals surface area contributed by atoms with E-state index >= 15 is 0 Å². The molecule has 0 spiro atoms. The molecule has 0 bridgehead atoms. The normalized spacial score (nSPS) is 13.9. The van der Waals surface area contributed by atoms with E-state index in [1.54, 1.807) is 67.1 Å². The summed E-state index contributed by atoms with van der Waals surface area (Å²) in [7, 11) is 0. The van der Waals surface area contributed by atoms with E-state index in [2.05, 4.69) is 36.2 Å². The molecule has 1 unspecified atom stereocenters. The Hall–Kier alpha value is -6.11. The molecular formula is C34H32FN9O3. The van der Waals surface area contributed by atoms with Crippen LogP contribution in [0.3, 0.4) is 0 Å². The number of aliphatic imine (C=N–C) groups is 1. The van der Waals surface area contributed by atoms with Gasteiger partial charge in [0.15, 0.2) is 5.65 Å². The van der Waals surface area contributed by atoms with Crippen molar-refractivity contribution in [2.45, 2.75) is 33.5 Å². The molecule has 3 amide bonds. The number of rotatable bonds is 8. The highest BCUT2D eigenvalue weighted by atomic mass is 19.1. The molecule has 0 radical (unpaired) electrons. The number of hydrogen-bond acceptors (Lipinski definition) is 8.